The molecule has 3 rings (SSSR count). The largest absolute Gasteiger partial charge is 0.350 e. The summed E-state index contributed by atoms with van der Waals surface area (Å²) in [6, 6.07) is 9.09. The van der Waals surface area contributed by atoms with Crippen molar-refractivity contribution >= 4 is 17.5 Å². The van der Waals surface area contributed by atoms with Gasteiger partial charge in [-0.3, -0.25) is 4.79 Å². The van der Waals surface area contributed by atoms with E-state index in [9.17, 15) is 4.79 Å². The molecular formula is C16H18ClN3O2. The van der Waals surface area contributed by atoms with Crippen molar-refractivity contribution in [2.24, 2.45) is 5.92 Å². The highest BCUT2D eigenvalue weighted by atomic mass is 35.5. The molecule has 1 aromatic heterocycles. The van der Waals surface area contributed by atoms with Crippen LogP contribution in [0.5, 0.6) is 0 Å². The average Bonchev–Trinajstić information content (AvgIpc) is 2.99. The fourth-order valence-corrected chi connectivity index (χ4v) is 2.82. The number of aromatic nitrogens is 1. The van der Waals surface area contributed by atoms with E-state index >= 15 is 0 Å². The normalized spacial score (nSPS) is 21.5. The summed E-state index contributed by atoms with van der Waals surface area (Å²) in [6.45, 7) is 3.95. The van der Waals surface area contributed by atoms with E-state index < -0.39 is 0 Å². The summed E-state index contributed by atoms with van der Waals surface area (Å²) in [6.07, 6.45) is 0.919. The molecule has 1 aliphatic heterocycles. The minimum absolute atomic E-state index is 0.161. The third kappa shape index (κ3) is 3.31. The Bertz CT molecular complexity index is 671. The Morgan fingerprint density at radius 1 is 1.45 bits per heavy atom. The zero-order valence-corrected chi connectivity index (χ0v) is 13.1. The van der Waals surface area contributed by atoms with Crippen molar-refractivity contribution in [1.82, 2.24) is 15.8 Å². The maximum atomic E-state index is 12.3. The van der Waals surface area contributed by atoms with E-state index in [4.69, 9.17) is 16.1 Å². The van der Waals surface area contributed by atoms with Crippen LogP contribution in [0.25, 0.3) is 11.3 Å². The molecule has 1 saturated heterocycles. The van der Waals surface area contributed by atoms with E-state index in [2.05, 4.69) is 22.7 Å². The minimum atomic E-state index is -0.223. The smallest absolute Gasteiger partial charge is 0.290 e. The molecule has 1 amide bonds. The molecule has 0 spiro atoms. The number of hydrogen-bond donors (Lipinski definition) is 2. The number of benzene rings is 1. The van der Waals surface area contributed by atoms with Crippen LogP contribution in [0.4, 0.5) is 0 Å². The van der Waals surface area contributed by atoms with Crippen molar-refractivity contribution in [3.63, 3.8) is 0 Å². The third-order valence-corrected chi connectivity index (χ3v) is 4.19. The number of carbonyl (C=O) groups excluding carboxylic acids is 1. The number of piperidine rings is 1. The second-order valence-corrected chi connectivity index (χ2v) is 6.07. The summed E-state index contributed by atoms with van der Waals surface area (Å²) >= 11 is 5.97. The Kier molecular flexibility index (Phi) is 4.45. The molecular weight excluding hydrogens is 302 g/mol. The van der Waals surface area contributed by atoms with Crippen molar-refractivity contribution in [3.05, 3.63) is 41.1 Å². The summed E-state index contributed by atoms with van der Waals surface area (Å²) in [5.74, 6) is 0.397. The molecule has 6 heteroatoms. The predicted octanol–water partition coefficient (Wildman–Crippen LogP) is 2.72. The van der Waals surface area contributed by atoms with Gasteiger partial charge in [-0.25, -0.2) is 0 Å². The third-order valence-electron chi connectivity index (χ3n) is 3.96. The first-order chi connectivity index (χ1) is 10.6. The van der Waals surface area contributed by atoms with Crippen LogP contribution in [0, 0.1) is 5.92 Å². The maximum Gasteiger partial charge on any atom is 0.290 e. The van der Waals surface area contributed by atoms with Gasteiger partial charge in [-0.05, 0) is 37.6 Å². The molecule has 1 aromatic carbocycles. The van der Waals surface area contributed by atoms with E-state index in [1.54, 1.807) is 18.2 Å². The first kappa shape index (κ1) is 15.1. The van der Waals surface area contributed by atoms with Gasteiger partial charge in [-0.1, -0.05) is 35.8 Å². The SMILES string of the molecule is CC1CNCCC1NC(=O)c1cc(-c2cccc(Cl)c2)no1. The van der Waals surface area contributed by atoms with E-state index in [-0.39, 0.29) is 17.7 Å². The van der Waals surface area contributed by atoms with Crippen LogP contribution in [0.3, 0.4) is 0 Å². The lowest BCUT2D eigenvalue weighted by Crippen LogP contribution is -2.48. The fourth-order valence-electron chi connectivity index (χ4n) is 2.63. The number of amides is 1. The topological polar surface area (TPSA) is 67.2 Å². The molecule has 0 saturated carbocycles. The van der Waals surface area contributed by atoms with Gasteiger partial charge < -0.3 is 15.2 Å². The number of nitrogens with zero attached hydrogens (tertiary/aromatic N) is 1. The van der Waals surface area contributed by atoms with Gasteiger partial charge in [0.15, 0.2) is 0 Å². The fraction of sp³-hybridized carbons (Fsp3) is 0.375. The predicted molar refractivity (Wildman–Crippen MR) is 84.9 cm³/mol. The van der Waals surface area contributed by atoms with Crippen LogP contribution in [0.15, 0.2) is 34.9 Å². The highest BCUT2D eigenvalue weighted by Crippen LogP contribution is 2.22. The zero-order valence-electron chi connectivity index (χ0n) is 12.3. The quantitative estimate of drug-likeness (QED) is 0.913. The Morgan fingerprint density at radius 2 is 2.32 bits per heavy atom. The second kappa shape index (κ2) is 6.50. The van der Waals surface area contributed by atoms with Crippen LogP contribution >= 0.6 is 11.6 Å². The Labute approximate surface area is 134 Å². The van der Waals surface area contributed by atoms with Gasteiger partial charge >= 0.3 is 0 Å². The lowest BCUT2D eigenvalue weighted by atomic mass is 9.95. The molecule has 2 N–H and O–H groups in total. The highest BCUT2D eigenvalue weighted by molar-refractivity contribution is 6.30. The number of nitrogens with one attached hydrogen (secondary N) is 2. The molecule has 2 heterocycles. The van der Waals surface area contributed by atoms with Gasteiger partial charge in [0.25, 0.3) is 5.91 Å². The lowest BCUT2D eigenvalue weighted by molar-refractivity contribution is 0.0877. The van der Waals surface area contributed by atoms with Crippen molar-refractivity contribution in [1.29, 1.82) is 0 Å². The molecule has 0 bridgehead atoms. The van der Waals surface area contributed by atoms with Crippen LogP contribution in [-0.4, -0.2) is 30.2 Å². The molecule has 1 fully saturated rings. The van der Waals surface area contributed by atoms with Gasteiger partial charge in [0.1, 0.15) is 5.69 Å². The summed E-state index contributed by atoms with van der Waals surface area (Å²) in [7, 11) is 0. The number of rotatable bonds is 3. The number of hydrogen-bond acceptors (Lipinski definition) is 4. The Morgan fingerprint density at radius 3 is 3.09 bits per heavy atom. The van der Waals surface area contributed by atoms with Crippen molar-refractivity contribution in [2.45, 2.75) is 19.4 Å². The second-order valence-electron chi connectivity index (χ2n) is 5.64. The number of carbonyl (C=O) groups is 1. The number of halogens is 1. The van der Waals surface area contributed by atoms with Gasteiger partial charge in [0.2, 0.25) is 5.76 Å². The van der Waals surface area contributed by atoms with E-state index in [0.717, 1.165) is 25.1 Å². The van der Waals surface area contributed by atoms with Gasteiger partial charge in [-0.15, -0.1) is 0 Å². The Balaban J connectivity index is 1.71. The van der Waals surface area contributed by atoms with Gasteiger partial charge in [0.05, 0.1) is 0 Å². The van der Waals surface area contributed by atoms with E-state index in [0.29, 0.717) is 16.6 Å². The van der Waals surface area contributed by atoms with E-state index in [1.807, 2.05) is 12.1 Å². The summed E-state index contributed by atoms with van der Waals surface area (Å²) < 4.78 is 5.18. The first-order valence-electron chi connectivity index (χ1n) is 7.38. The monoisotopic (exact) mass is 319 g/mol. The van der Waals surface area contributed by atoms with Crippen LogP contribution in [-0.2, 0) is 0 Å². The molecule has 0 radical (unpaired) electrons. The molecule has 22 heavy (non-hydrogen) atoms. The van der Waals surface area contributed by atoms with Gasteiger partial charge in [0, 0.05) is 22.7 Å². The molecule has 5 nitrogen and oxygen atoms in total. The van der Waals surface area contributed by atoms with Crippen molar-refractivity contribution in [2.75, 3.05) is 13.1 Å². The summed E-state index contributed by atoms with van der Waals surface area (Å²) in [5.41, 5.74) is 1.43. The van der Waals surface area contributed by atoms with E-state index in [1.165, 1.54) is 0 Å². The molecule has 116 valence electrons. The first-order valence-corrected chi connectivity index (χ1v) is 7.75. The summed E-state index contributed by atoms with van der Waals surface area (Å²) in [4.78, 5) is 12.3. The van der Waals surface area contributed by atoms with Crippen LogP contribution in [0.1, 0.15) is 23.9 Å². The molecule has 2 aromatic rings. The van der Waals surface area contributed by atoms with Gasteiger partial charge in [-0.2, -0.15) is 0 Å². The lowest BCUT2D eigenvalue weighted by Gasteiger charge is -2.29. The summed E-state index contributed by atoms with van der Waals surface area (Å²) in [5, 5.41) is 10.9. The van der Waals surface area contributed by atoms with Crippen molar-refractivity contribution in [3.8, 4) is 11.3 Å². The maximum absolute atomic E-state index is 12.3. The van der Waals surface area contributed by atoms with Crippen molar-refractivity contribution < 1.29 is 9.32 Å². The Hall–Kier alpha value is -1.85. The van der Waals surface area contributed by atoms with Crippen LogP contribution < -0.4 is 10.6 Å². The molecule has 0 aliphatic carbocycles. The minimum Gasteiger partial charge on any atom is -0.350 e. The standard InChI is InChI=1S/C16H18ClN3O2/c1-10-9-18-6-5-13(10)19-16(21)15-8-14(20-22-15)11-3-2-4-12(17)7-11/h2-4,7-8,10,13,18H,5-6,9H2,1H3,(H,19,21). The highest BCUT2D eigenvalue weighted by Gasteiger charge is 2.24. The molecule has 1 aliphatic rings. The molecule has 2 unspecified atom stereocenters. The molecule has 2 atom stereocenters. The van der Waals surface area contributed by atoms with Crippen LogP contribution in [0.2, 0.25) is 5.02 Å². The average molecular weight is 320 g/mol. The zero-order chi connectivity index (χ0) is 15.5.